The number of aliphatic carboxylic acids is 1. The van der Waals surface area contributed by atoms with Crippen LogP contribution in [0, 0.1) is 0 Å². The molecule has 1 aliphatic rings. The van der Waals surface area contributed by atoms with Crippen molar-refractivity contribution in [1.82, 2.24) is 5.32 Å². The van der Waals surface area contributed by atoms with Crippen molar-refractivity contribution in [2.24, 2.45) is 0 Å². The Balaban J connectivity index is 2.38. The van der Waals surface area contributed by atoms with Crippen molar-refractivity contribution in [3.8, 4) is 0 Å². The van der Waals surface area contributed by atoms with Crippen LogP contribution >= 0.6 is 11.8 Å². The molecule has 0 aliphatic carbocycles. The highest BCUT2D eigenvalue weighted by atomic mass is 32.2. The van der Waals surface area contributed by atoms with Crippen LogP contribution < -0.4 is 5.32 Å². The Bertz CT molecular complexity index is 209. The van der Waals surface area contributed by atoms with E-state index in [1.165, 1.54) is 0 Å². The van der Waals surface area contributed by atoms with E-state index in [1.54, 1.807) is 0 Å². The lowest BCUT2D eigenvalue weighted by molar-refractivity contribution is -0.139. The number of carboxylic acid groups (broad SMARTS) is 1. The Kier molecular flexibility index (Phi) is 3.07. The first-order valence-corrected chi connectivity index (χ1v) is 4.47. The summed E-state index contributed by atoms with van der Waals surface area (Å²) >= 11 is -0.140. The van der Waals surface area contributed by atoms with Crippen LogP contribution in [0.5, 0.6) is 0 Å². The van der Waals surface area contributed by atoms with E-state index in [-0.39, 0.29) is 24.7 Å². The summed E-state index contributed by atoms with van der Waals surface area (Å²) in [7, 11) is 0. The second-order valence-electron chi connectivity index (χ2n) is 2.72. The molecule has 0 spiro atoms. The predicted molar refractivity (Wildman–Crippen MR) is 41.5 cm³/mol. The molecule has 3 nitrogen and oxygen atoms in total. The number of alkyl halides is 3. The van der Waals surface area contributed by atoms with Crippen LogP contribution in [0.25, 0.3) is 0 Å². The van der Waals surface area contributed by atoms with Gasteiger partial charge in [-0.15, -0.1) is 0 Å². The van der Waals surface area contributed by atoms with Crippen molar-refractivity contribution in [3.63, 3.8) is 0 Å². The topological polar surface area (TPSA) is 49.3 Å². The Morgan fingerprint density at radius 1 is 1.54 bits per heavy atom. The van der Waals surface area contributed by atoms with E-state index in [0.29, 0.717) is 0 Å². The lowest BCUT2D eigenvalue weighted by Crippen LogP contribution is -2.29. The van der Waals surface area contributed by atoms with Crippen LogP contribution in [0.4, 0.5) is 13.2 Å². The van der Waals surface area contributed by atoms with Crippen LogP contribution in [-0.4, -0.2) is 34.4 Å². The van der Waals surface area contributed by atoms with Gasteiger partial charge in [-0.25, -0.2) is 0 Å². The minimum Gasteiger partial charge on any atom is -0.480 e. The first-order valence-electron chi connectivity index (χ1n) is 3.59. The molecule has 1 unspecified atom stereocenters. The van der Waals surface area contributed by atoms with E-state index in [1.807, 2.05) is 0 Å². The van der Waals surface area contributed by atoms with Crippen LogP contribution in [0.1, 0.15) is 6.42 Å². The van der Waals surface area contributed by atoms with Crippen LogP contribution in [0.15, 0.2) is 0 Å². The molecule has 1 aliphatic heterocycles. The summed E-state index contributed by atoms with van der Waals surface area (Å²) in [4.78, 5) is 10.4. The average molecular weight is 215 g/mol. The summed E-state index contributed by atoms with van der Waals surface area (Å²) in [5.74, 6) is -1.09. The van der Waals surface area contributed by atoms with Gasteiger partial charge in [0.1, 0.15) is 6.04 Å². The molecular weight excluding hydrogens is 207 g/mol. The second kappa shape index (κ2) is 3.75. The highest BCUT2D eigenvalue weighted by Crippen LogP contribution is 2.36. The first kappa shape index (κ1) is 10.6. The second-order valence-corrected chi connectivity index (χ2v) is 4.09. The maximum absolute atomic E-state index is 11.8. The molecule has 0 radical (unpaired) electrons. The third-order valence-corrected chi connectivity index (χ3v) is 2.65. The maximum atomic E-state index is 11.8. The molecule has 0 saturated carbocycles. The summed E-state index contributed by atoms with van der Waals surface area (Å²) < 4.78 is 35.5. The third kappa shape index (κ3) is 3.43. The summed E-state index contributed by atoms with van der Waals surface area (Å²) in [6.07, 6.45) is 0.0273. The molecule has 1 fully saturated rings. The number of halogens is 3. The molecule has 2 atom stereocenters. The Morgan fingerprint density at radius 2 is 2.15 bits per heavy atom. The highest BCUT2D eigenvalue weighted by Gasteiger charge is 2.38. The summed E-state index contributed by atoms with van der Waals surface area (Å²) in [5, 5.41) is 10.3. The van der Waals surface area contributed by atoms with Gasteiger partial charge in [0.2, 0.25) is 0 Å². The average Bonchev–Trinajstić information content (AvgIpc) is 2.31. The van der Waals surface area contributed by atoms with Gasteiger partial charge in [-0.1, -0.05) is 0 Å². The number of thioether (sulfide) groups is 1. The van der Waals surface area contributed by atoms with Gasteiger partial charge in [0.05, 0.1) is 0 Å². The number of carbonyl (C=O) groups is 1. The molecule has 0 bridgehead atoms. The maximum Gasteiger partial charge on any atom is 0.442 e. The number of hydrogen-bond donors (Lipinski definition) is 2. The largest absolute Gasteiger partial charge is 0.480 e. The van der Waals surface area contributed by atoms with E-state index >= 15 is 0 Å². The lowest BCUT2D eigenvalue weighted by atomic mass is 10.2. The minimum atomic E-state index is -4.28. The van der Waals surface area contributed by atoms with Crippen molar-refractivity contribution in [1.29, 1.82) is 0 Å². The highest BCUT2D eigenvalue weighted by molar-refractivity contribution is 8.00. The molecule has 0 amide bonds. The molecule has 0 aromatic carbocycles. The summed E-state index contributed by atoms with van der Waals surface area (Å²) in [6.45, 7) is 0.0984. The standard InChI is InChI=1S/C6H8F3NO2S/c7-6(8,9)13-3-1-4(5(11)12)10-2-3/h3-4,10H,1-2H2,(H,11,12)/t3?,4-/m0/s1. The molecule has 2 N–H and O–H groups in total. The quantitative estimate of drug-likeness (QED) is 0.723. The Labute approximate surface area is 76.7 Å². The summed E-state index contributed by atoms with van der Waals surface area (Å²) in [5.41, 5.74) is -4.28. The molecule has 1 saturated heterocycles. The molecular formula is C6H8F3NO2S. The van der Waals surface area contributed by atoms with Crippen LogP contribution in [0.3, 0.4) is 0 Å². The number of hydrogen-bond acceptors (Lipinski definition) is 3. The molecule has 7 heteroatoms. The van der Waals surface area contributed by atoms with Gasteiger partial charge in [-0.2, -0.15) is 13.2 Å². The monoisotopic (exact) mass is 215 g/mol. The van der Waals surface area contributed by atoms with Gasteiger partial charge in [0, 0.05) is 11.8 Å². The Morgan fingerprint density at radius 3 is 2.54 bits per heavy atom. The zero-order valence-corrected chi connectivity index (χ0v) is 7.28. The first-order chi connectivity index (χ1) is 5.88. The fourth-order valence-electron chi connectivity index (χ4n) is 1.17. The van der Waals surface area contributed by atoms with Crippen LogP contribution in [0.2, 0.25) is 0 Å². The fourth-order valence-corrected chi connectivity index (χ4v) is 2.02. The normalized spacial score (nSPS) is 29.2. The molecule has 0 aromatic rings. The number of nitrogens with one attached hydrogen (secondary N) is 1. The van der Waals surface area contributed by atoms with Crippen molar-refractivity contribution in [3.05, 3.63) is 0 Å². The van der Waals surface area contributed by atoms with E-state index < -0.39 is 22.8 Å². The Hall–Kier alpha value is -0.430. The SMILES string of the molecule is O=C(O)[C@@H]1CC(SC(F)(F)F)CN1. The van der Waals surface area contributed by atoms with Gasteiger partial charge in [-0.3, -0.25) is 4.79 Å². The molecule has 1 heterocycles. The smallest absolute Gasteiger partial charge is 0.442 e. The molecule has 1 rings (SSSR count). The van der Waals surface area contributed by atoms with Gasteiger partial charge in [0.25, 0.3) is 0 Å². The van der Waals surface area contributed by atoms with Gasteiger partial charge in [-0.05, 0) is 18.2 Å². The fraction of sp³-hybridized carbons (Fsp3) is 0.833. The van der Waals surface area contributed by atoms with Crippen molar-refractivity contribution < 1.29 is 23.1 Å². The minimum absolute atomic E-state index is 0.0273. The van der Waals surface area contributed by atoms with Crippen LogP contribution in [-0.2, 0) is 4.79 Å². The van der Waals surface area contributed by atoms with E-state index in [0.717, 1.165) is 0 Å². The zero-order chi connectivity index (χ0) is 10.1. The van der Waals surface area contributed by atoms with Crippen molar-refractivity contribution >= 4 is 17.7 Å². The zero-order valence-electron chi connectivity index (χ0n) is 6.47. The van der Waals surface area contributed by atoms with E-state index in [9.17, 15) is 18.0 Å². The van der Waals surface area contributed by atoms with Gasteiger partial charge < -0.3 is 10.4 Å². The summed E-state index contributed by atoms with van der Waals surface area (Å²) in [6, 6.07) is -0.833. The molecule has 13 heavy (non-hydrogen) atoms. The van der Waals surface area contributed by atoms with Gasteiger partial charge >= 0.3 is 11.5 Å². The third-order valence-electron chi connectivity index (χ3n) is 1.69. The molecule has 76 valence electrons. The lowest BCUT2D eigenvalue weighted by Gasteiger charge is -2.10. The van der Waals surface area contributed by atoms with E-state index in [2.05, 4.69) is 5.32 Å². The van der Waals surface area contributed by atoms with E-state index in [4.69, 9.17) is 5.11 Å². The molecule has 0 aromatic heterocycles. The van der Waals surface area contributed by atoms with Crippen molar-refractivity contribution in [2.75, 3.05) is 6.54 Å². The van der Waals surface area contributed by atoms with Gasteiger partial charge in [0.15, 0.2) is 0 Å². The number of carboxylic acids is 1. The van der Waals surface area contributed by atoms with Crippen molar-refractivity contribution in [2.45, 2.75) is 23.2 Å². The predicted octanol–water partition coefficient (Wildman–Crippen LogP) is 1.05. The number of rotatable bonds is 2.